The van der Waals surface area contributed by atoms with Gasteiger partial charge in [0.1, 0.15) is 12.4 Å². The van der Waals surface area contributed by atoms with E-state index in [-0.39, 0.29) is 6.61 Å². The molecule has 0 bridgehead atoms. The molecule has 3 rings (SSSR count). The van der Waals surface area contributed by atoms with Gasteiger partial charge in [-0.1, -0.05) is 15.9 Å². The minimum atomic E-state index is 0.197. The summed E-state index contributed by atoms with van der Waals surface area (Å²) in [6.45, 7) is 0.685. The number of hydrogen-bond acceptors (Lipinski definition) is 3. The quantitative estimate of drug-likeness (QED) is 0.947. The number of aliphatic hydroxyl groups excluding tert-OH is 1. The van der Waals surface area contributed by atoms with Crippen LogP contribution < -0.4 is 4.74 Å². The van der Waals surface area contributed by atoms with Crippen molar-refractivity contribution in [1.82, 2.24) is 9.55 Å². The van der Waals surface area contributed by atoms with Crippen LogP contribution >= 0.6 is 15.9 Å². The van der Waals surface area contributed by atoms with Crippen LogP contribution in [0.25, 0.3) is 5.69 Å². The maximum atomic E-state index is 8.85. The van der Waals surface area contributed by atoms with E-state index in [9.17, 15) is 0 Å². The molecule has 5 heteroatoms. The third-order valence-electron chi connectivity index (χ3n) is 2.96. The lowest BCUT2D eigenvalue weighted by molar-refractivity contribution is 0.279. The van der Waals surface area contributed by atoms with E-state index in [0.29, 0.717) is 6.61 Å². The summed E-state index contributed by atoms with van der Waals surface area (Å²) in [5.74, 6) is 1.78. The highest BCUT2D eigenvalue weighted by Gasteiger charge is 2.19. The number of aryl methyl sites for hydroxylation is 1. The van der Waals surface area contributed by atoms with Gasteiger partial charge in [0.2, 0.25) is 0 Å². The zero-order chi connectivity index (χ0) is 12.5. The summed E-state index contributed by atoms with van der Waals surface area (Å²) in [5, 5.41) is 8.85. The molecule has 4 nitrogen and oxygen atoms in total. The van der Waals surface area contributed by atoms with E-state index in [1.165, 1.54) is 0 Å². The van der Waals surface area contributed by atoms with E-state index in [4.69, 9.17) is 9.84 Å². The Morgan fingerprint density at radius 2 is 2.33 bits per heavy atom. The molecular weight excluding hydrogens is 296 g/mol. The molecular formula is C13H13BrN2O2. The van der Waals surface area contributed by atoms with Crippen molar-refractivity contribution < 1.29 is 9.84 Å². The normalized spacial score (nSPS) is 12.8. The van der Waals surface area contributed by atoms with Crippen molar-refractivity contribution in [3.63, 3.8) is 0 Å². The van der Waals surface area contributed by atoms with Gasteiger partial charge in [-0.15, -0.1) is 0 Å². The molecule has 18 heavy (non-hydrogen) atoms. The molecule has 0 spiro atoms. The molecule has 0 aliphatic carbocycles. The Balaban J connectivity index is 1.99. The van der Waals surface area contributed by atoms with Gasteiger partial charge in [0, 0.05) is 17.3 Å². The molecule has 2 heterocycles. The molecule has 0 fully saturated rings. The van der Waals surface area contributed by atoms with Gasteiger partial charge in [-0.25, -0.2) is 4.98 Å². The number of rotatable bonds is 3. The molecule has 0 atom stereocenters. The fourth-order valence-electron chi connectivity index (χ4n) is 2.11. The number of benzene rings is 1. The topological polar surface area (TPSA) is 47.3 Å². The van der Waals surface area contributed by atoms with Crippen LogP contribution in [0.15, 0.2) is 28.9 Å². The fraction of sp³-hybridized carbons (Fsp3) is 0.308. The zero-order valence-electron chi connectivity index (χ0n) is 9.77. The second kappa shape index (κ2) is 4.74. The average Bonchev–Trinajstić information content (AvgIpc) is 2.79. The van der Waals surface area contributed by atoms with Crippen molar-refractivity contribution >= 4 is 15.9 Å². The standard InChI is InChI=1S/C13H13BrN2O2/c14-9-3-4-11-12(6-9)18-8-13-15-10(2-1-5-17)7-16(11)13/h3-4,6-7,17H,1-2,5,8H2. The Hall–Kier alpha value is -1.33. The Bertz CT molecular complexity index is 580. The van der Waals surface area contributed by atoms with Crippen LogP contribution in [-0.4, -0.2) is 21.3 Å². The second-order valence-electron chi connectivity index (χ2n) is 4.25. The number of ether oxygens (including phenoxy) is 1. The first kappa shape index (κ1) is 11.7. The molecule has 0 amide bonds. The number of nitrogens with zero attached hydrogens (tertiary/aromatic N) is 2. The number of fused-ring (bicyclic) bond motifs is 3. The van der Waals surface area contributed by atoms with Crippen LogP contribution in [0.5, 0.6) is 5.75 Å². The smallest absolute Gasteiger partial charge is 0.151 e. The highest BCUT2D eigenvalue weighted by molar-refractivity contribution is 9.10. The van der Waals surface area contributed by atoms with Gasteiger partial charge in [0.15, 0.2) is 5.82 Å². The largest absolute Gasteiger partial charge is 0.483 e. The van der Waals surface area contributed by atoms with Crippen molar-refractivity contribution in [2.45, 2.75) is 19.4 Å². The van der Waals surface area contributed by atoms with Gasteiger partial charge < -0.3 is 9.84 Å². The Labute approximate surface area is 113 Å². The number of hydrogen-bond donors (Lipinski definition) is 1. The van der Waals surface area contributed by atoms with Crippen molar-refractivity contribution in [3.05, 3.63) is 40.4 Å². The number of aliphatic hydroxyl groups is 1. The molecule has 2 aromatic rings. The van der Waals surface area contributed by atoms with Crippen LogP contribution in [0.1, 0.15) is 17.9 Å². The lowest BCUT2D eigenvalue weighted by atomic mass is 10.2. The predicted octanol–water partition coefficient (Wildman–Crippen LogP) is 2.45. The fourth-order valence-corrected chi connectivity index (χ4v) is 2.45. The lowest BCUT2D eigenvalue weighted by Crippen LogP contribution is -2.12. The van der Waals surface area contributed by atoms with Crippen LogP contribution in [0.3, 0.4) is 0 Å². The van der Waals surface area contributed by atoms with Crippen molar-refractivity contribution in [2.24, 2.45) is 0 Å². The van der Waals surface area contributed by atoms with Crippen molar-refractivity contribution in [2.75, 3.05) is 6.61 Å². The lowest BCUT2D eigenvalue weighted by Gasteiger charge is -2.19. The van der Waals surface area contributed by atoms with Crippen LogP contribution in [-0.2, 0) is 13.0 Å². The van der Waals surface area contributed by atoms with Gasteiger partial charge in [-0.3, -0.25) is 4.57 Å². The summed E-state index contributed by atoms with van der Waals surface area (Å²) < 4.78 is 8.76. The van der Waals surface area contributed by atoms with E-state index in [1.807, 2.05) is 24.4 Å². The van der Waals surface area contributed by atoms with Gasteiger partial charge in [0.05, 0.1) is 11.4 Å². The first-order valence-electron chi connectivity index (χ1n) is 5.88. The van der Waals surface area contributed by atoms with Crippen LogP contribution in [0.2, 0.25) is 0 Å². The molecule has 1 aliphatic heterocycles. The minimum Gasteiger partial charge on any atom is -0.483 e. The number of aromatic nitrogens is 2. The SMILES string of the molecule is OCCCc1cn2c(n1)COc1cc(Br)ccc1-2. The summed E-state index contributed by atoms with van der Waals surface area (Å²) in [5.41, 5.74) is 2.01. The third kappa shape index (κ3) is 2.04. The van der Waals surface area contributed by atoms with E-state index >= 15 is 0 Å². The monoisotopic (exact) mass is 308 g/mol. The van der Waals surface area contributed by atoms with Gasteiger partial charge in [-0.05, 0) is 31.0 Å². The predicted molar refractivity (Wildman–Crippen MR) is 71.0 cm³/mol. The molecule has 1 aromatic carbocycles. The van der Waals surface area contributed by atoms with E-state index in [0.717, 1.165) is 40.3 Å². The molecule has 0 saturated heterocycles. The summed E-state index contributed by atoms with van der Waals surface area (Å²) >= 11 is 3.44. The summed E-state index contributed by atoms with van der Waals surface area (Å²) in [6, 6.07) is 5.97. The summed E-state index contributed by atoms with van der Waals surface area (Å²) in [4.78, 5) is 4.52. The summed E-state index contributed by atoms with van der Waals surface area (Å²) in [7, 11) is 0. The Kier molecular flexibility index (Phi) is 3.09. The van der Waals surface area contributed by atoms with Crippen molar-refractivity contribution in [3.8, 4) is 11.4 Å². The molecule has 94 valence electrons. The van der Waals surface area contributed by atoms with Gasteiger partial charge in [0.25, 0.3) is 0 Å². The number of halogens is 1. The molecule has 0 unspecified atom stereocenters. The maximum absolute atomic E-state index is 8.85. The van der Waals surface area contributed by atoms with E-state index in [2.05, 4.69) is 25.5 Å². The molecule has 1 aromatic heterocycles. The highest BCUT2D eigenvalue weighted by atomic mass is 79.9. The first-order chi connectivity index (χ1) is 8.78. The second-order valence-corrected chi connectivity index (χ2v) is 5.16. The van der Waals surface area contributed by atoms with Crippen molar-refractivity contribution in [1.29, 1.82) is 0 Å². The molecule has 0 saturated carbocycles. The maximum Gasteiger partial charge on any atom is 0.151 e. The Morgan fingerprint density at radius 1 is 1.44 bits per heavy atom. The zero-order valence-corrected chi connectivity index (χ0v) is 11.4. The Morgan fingerprint density at radius 3 is 3.17 bits per heavy atom. The van der Waals surface area contributed by atoms with Crippen LogP contribution in [0.4, 0.5) is 0 Å². The molecule has 1 aliphatic rings. The summed E-state index contributed by atoms with van der Waals surface area (Å²) in [6.07, 6.45) is 3.56. The molecule has 0 radical (unpaired) electrons. The highest BCUT2D eigenvalue weighted by Crippen LogP contribution is 2.32. The molecule has 1 N–H and O–H groups in total. The van der Waals surface area contributed by atoms with E-state index in [1.54, 1.807) is 0 Å². The third-order valence-corrected chi connectivity index (χ3v) is 3.45. The van der Waals surface area contributed by atoms with Gasteiger partial charge in [-0.2, -0.15) is 0 Å². The minimum absolute atomic E-state index is 0.197. The van der Waals surface area contributed by atoms with Gasteiger partial charge >= 0.3 is 0 Å². The van der Waals surface area contributed by atoms with E-state index < -0.39 is 0 Å². The van der Waals surface area contributed by atoms with Crippen LogP contribution in [0, 0.1) is 0 Å². The number of imidazole rings is 1. The average molecular weight is 309 g/mol. The first-order valence-corrected chi connectivity index (χ1v) is 6.68.